The first-order chi connectivity index (χ1) is 9.02. The molecule has 98 valence electrons. The summed E-state index contributed by atoms with van der Waals surface area (Å²) in [5.41, 5.74) is 6.24. The van der Waals surface area contributed by atoms with E-state index in [0.717, 1.165) is 18.2 Å². The highest BCUT2D eigenvalue weighted by Gasteiger charge is 2.17. The molecule has 0 bridgehead atoms. The van der Waals surface area contributed by atoms with Crippen LogP contribution in [0, 0.1) is 11.6 Å². The van der Waals surface area contributed by atoms with Crippen LogP contribution in [0.5, 0.6) is 0 Å². The Morgan fingerprint density at radius 1 is 1.11 bits per heavy atom. The Balaban J connectivity index is 2.68. The average Bonchev–Trinajstić information content (AvgIpc) is 2.41. The van der Waals surface area contributed by atoms with Crippen molar-refractivity contribution in [3.05, 3.63) is 53.6 Å². The van der Waals surface area contributed by atoms with Crippen molar-refractivity contribution < 1.29 is 18.3 Å². The van der Waals surface area contributed by atoms with Crippen molar-refractivity contribution in [1.82, 2.24) is 0 Å². The lowest BCUT2D eigenvalue weighted by atomic mass is 9.98. The van der Waals surface area contributed by atoms with Crippen LogP contribution in [0.15, 0.2) is 36.4 Å². The summed E-state index contributed by atoms with van der Waals surface area (Å²) in [6.07, 6.45) is 0. The molecule has 0 heterocycles. The average molecular weight is 263 g/mol. The third-order valence-electron chi connectivity index (χ3n) is 2.67. The van der Waals surface area contributed by atoms with E-state index in [-0.39, 0.29) is 16.7 Å². The fourth-order valence-corrected chi connectivity index (χ4v) is 1.78. The van der Waals surface area contributed by atoms with Gasteiger partial charge in [0, 0.05) is 11.3 Å². The molecule has 2 aromatic rings. The molecule has 0 aliphatic heterocycles. The minimum absolute atomic E-state index is 0.0135. The highest BCUT2D eigenvalue weighted by atomic mass is 19.1. The largest absolute Gasteiger partial charge is 0.465 e. The van der Waals surface area contributed by atoms with Gasteiger partial charge in [-0.05, 0) is 35.9 Å². The molecule has 0 saturated heterocycles. The summed E-state index contributed by atoms with van der Waals surface area (Å²) in [6, 6.07) is 7.36. The second-order valence-corrected chi connectivity index (χ2v) is 3.92. The summed E-state index contributed by atoms with van der Waals surface area (Å²) in [4.78, 5) is 11.7. The zero-order valence-corrected chi connectivity index (χ0v) is 10.1. The van der Waals surface area contributed by atoms with E-state index in [9.17, 15) is 13.6 Å². The fourth-order valence-electron chi connectivity index (χ4n) is 1.78. The lowest BCUT2D eigenvalue weighted by Crippen LogP contribution is -2.05. The van der Waals surface area contributed by atoms with Gasteiger partial charge < -0.3 is 10.5 Å². The Morgan fingerprint density at radius 3 is 2.53 bits per heavy atom. The molecule has 19 heavy (non-hydrogen) atoms. The van der Waals surface area contributed by atoms with E-state index < -0.39 is 17.6 Å². The normalized spacial score (nSPS) is 10.3. The van der Waals surface area contributed by atoms with E-state index in [4.69, 9.17) is 5.73 Å². The van der Waals surface area contributed by atoms with Crippen LogP contribution >= 0.6 is 0 Å². The predicted octanol–water partition coefficient (Wildman–Crippen LogP) is 3.00. The molecular weight excluding hydrogens is 252 g/mol. The lowest BCUT2D eigenvalue weighted by molar-refractivity contribution is 0.0601. The minimum atomic E-state index is -0.661. The monoisotopic (exact) mass is 263 g/mol. The van der Waals surface area contributed by atoms with Crippen molar-refractivity contribution in [3.63, 3.8) is 0 Å². The maximum Gasteiger partial charge on any atom is 0.338 e. The Kier molecular flexibility index (Phi) is 3.46. The lowest BCUT2D eigenvalue weighted by Gasteiger charge is -2.10. The van der Waals surface area contributed by atoms with Gasteiger partial charge in [-0.3, -0.25) is 0 Å². The van der Waals surface area contributed by atoms with E-state index in [2.05, 4.69) is 4.74 Å². The number of nitrogens with two attached hydrogens (primary N) is 1. The van der Waals surface area contributed by atoms with Gasteiger partial charge in [-0.2, -0.15) is 0 Å². The molecule has 0 aromatic heterocycles. The summed E-state index contributed by atoms with van der Waals surface area (Å²) < 4.78 is 31.6. The van der Waals surface area contributed by atoms with Gasteiger partial charge in [-0.1, -0.05) is 6.07 Å². The number of carbonyl (C=O) groups is 1. The highest BCUT2D eigenvalue weighted by Crippen LogP contribution is 2.29. The van der Waals surface area contributed by atoms with Crippen molar-refractivity contribution in [2.24, 2.45) is 0 Å². The first kappa shape index (κ1) is 13.0. The summed E-state index contributed by atoms with van der Waals surface area (Å²) >= 11 is 0. The summed E-state index contributed by atoms with van der Waals surface area (Å²) in [7, 11) is 1.21. The van der Waals surface area contributed by atoms with Crippen LogP contribution in [-0.4, -0.2) is 13.1 Å². The Hall–Kier alpha value is -2.43. The van der Waals surface area contributed by atoms with Gasteiger partial charge in [0.25, 0.3) is 0 Å². The molecule has 0 fully saturated rings. The number of benzene rings is 2. The van der Waals surface area contributed by atoms with Gasteiger partial charge >= 0.3 is 5.97 Å². The van der Waals surface area contributed by atoms with E-state index in [0.29, 0.717) is 5.69 Å². The number of halogens is 2. The van der Waals surface area contributed by atoms with E-state index in [1.807, 2.05) is 0 Å². The molecule has 0 saturated carbocycles. The van der Waals surface area contributed by atoms with Crippen molar-refractivity contribution >= 4 is 11.7 Å². The second kappa shape index (κ2) is 5.06. The van der Waals surface area contributed by atoms with Crippen LogP contribution in [-0.2, 0) is 4.74 Å². The molecule has 2 N–H and O–H groups in total. The maximum atomic E-state index is 13.8. The third kappa shape index (κ3) is 2.54. The fraction of sp³-hybridized carbons (Fsp3) is 0.0714. The number of carbonyl (C=O) groups excluding carboxylic acids is 1. The van der Waals surface area contributed by atoms with Crippen LogP contribution in [0.4, 0.5) is 14.5 Å². The molecular formula is C14H11F2NO2. The van der Waals surface area contributed by atoms with Crippen molar-refractivity contribution in [1.29, 1.82) is 0 Å². The zero-order chi connectivity index (χ0) is 14.0. The number of hydrogen-bond donors (Lipinski definition) is 1. The third-order valence-corrected chi connectivity index (χ3v) is 2.67. The summed E-state index contributed by atoms with van der Waals surface area (Å²) in [5, 5.41) is 0. The van der Waals surface area contributed by atoms with Gasteiger partial charge in [-0.15, -0.1) is 0 Å². The smallest absolute Gasteiger partial charge is 0.338 e. The van der Waals surface area contributed by atoms with Crippen LogP contribution in [0.1, 0.15) is 10.4 Å². The number of methoxy groups -OCH3 is 1. The van der Waals surface area contributed by atoms with Gasteiger partial charge in [0.05, 0.1) is 12.7 Å². The van der Waals surface area contributed by atoms with Crippen molar-refractivity contribution in [2.45, 2.75) is 0 Å². The SMILES string of the molecule is COC(=O)c1cc(N)ccc1-c1cc(F)ccc1F. The molecule has 0 spiro atoms. The summed E-state index contributed by atoms with van der Waals surface area (Å²) in [6.45, 7) is 0. The maximum absolute atomic E-state index is 13.8. The van der Waals surface area contributed by atoms with Crippen molar-refractivity contribution in [2.75, 3.05) is 12.8 Å². The Morgan fingerprint density at radius 2 is 1.84 bits per heavy atom. The van der Waals surface area contributed by atoms with Crippen LogP contribution in [0.2, 0.25) is 0 Å². The molecule has 0 aliphatic carbocycles. The molecule has 0 unspecified atom stereocenters. The van der Waals surface area contributed by atoms with Crippen LogP contribution < -0.4 is 5.73 Å². The van der Waals surface area contributed by atoms with Crippen LogP contribution in [0.3, 0.4) is 0 Å². The first-order valence-corrected chi connectivity index (χ1v) is 5.46. The number of ether oxygens (including phenoxy) is 1. The zero-order valence-electron chi connectivity index (χ0n) is 10.1. The number of hydrogen-bond acceptors (Lipinski definition) is 3. The number of rotatable bonds is 2. The van der Waals surface area contributed by atoms with Gasteiger partial charge in [0.2, 0.25) is 0 Å². The molecule has 3 nitrogen and oxygen atoms in total. The molecule has 0 radical (unpaired) electrons. The molecule has 2 aromatic carbocycles. The number of esters is 1. The Labute approximate surface area is 108 Å². The Bertz CT molecular complexity index is 641. The highest BCUT2D eigenvalue weighted by molar-refractivity contribution is 5.98. The van der Waals surface area contributed by atoms with Gasteiger partial charge in [-0.25, -0.2) is 13.6 Å². The van der Waals surface area contributed by atoms with E-state index >= 15 is 0 Å². The van der Waals surface area contributed by atoms with Gasteiger partial charge in [0.1, 0.15) is 11.6 Å². The standard InChI is InChI=1S/C14H11F2NO2/c1-19-14(18)12-7-9(17)3-4-10(12)11-6-8(15)2-5-13(11)16/h2-7H,17H2,1H3. The van der Waals surface area contributed by atoms with Gasteiger partial charge in [0.15, 0.2) is 0 Å². The predicted molar refractivity (Wildman–Crippen MR) is 67.5 cm³/mol. The number of nitrogen functional groups attached to an aromatic ring is 1. The van der Waals surface area contributed by atoms with E-state index in [1.54, 1.807) is 0 Å². The molecule has 0 aliphatic rings. The molecule has 5 heteroatoms. The quantitative estimate of drug-likeness (QED) is 0.669. The first-order valence-electron chi connectivity index (χ1n) is 5.46. The topological polar surface area (TPSA) is 52.3 Å². The second-order valence-electron chi connectivity index (χ2n) is 3.92. The molecule has 0 amide bonds. The molecule has 2 rings (SSSR count). The molecule has 0 atom stereocenters. The number of anilines is 1. The summed E-state index contributed by atoms with van der Waals surface area (Å²) in [5.74, 6) is -1.88. The van der Waals surface area contributed by atoms with E-state index in [1.165, 1.54) is 25.3 Å². The van der Waals surface area contributed by atoms with Crippen LogP contribution in [0.25, 0.3) is 11.1 Å². The van der Waals surface area contributed by atoms with Crippen molar-refractivity contribution in [3.8, 4) is 11.1 Å². The minimum Gasteiger partial charge on any atom is -0.465 e.